The fourth-order valence-corrected chi connectivity index (χ4v) is 10.2. The Morgan fingerprint density at radius 1 is 0.460 bits per heavy atom. The molecule has 7 rings (SSSR count). The molecule has 2 N–H and O–H groups in total. The summed E-state index contributed by atoms with van der Waals surface area (Å²) < 4.78 is 83.9. The third-order valence-electron chi connectivity index (χ3n) is 10.8. The van der Waals surface area contributed by atoms with Gasteiger partial charge in [0.25, 0.3) is 31.9 Å². The van der Waals surface area contributed by atoms with Crippen molar-refractivity contribution in [2.75, 3.05) is 100 Å². The lowest BCUT2D eigenvalue weighted by Crippen LogP contribution is -2.49. The number of carbonyl (C=O) groups excluding carboxylic acids is 2. The quantitative estimate of drug-likeness (QED) is 0.140. The summed E-state index contributed by atoms with van der Waals surface area (Å²) in [6, 6.07) is 29.7. The minimum Gasteiger partial charge on any atom is -0.495 e. The van der Waals surface area contributed by atoms with Crippen LogP contribution in [0.15, 0.2) is 119 Å². The predicted molar refractivity (Wildman–Crippen MR) is 244 cm³/mol. The number of carbonyl (C=O) groups is 2. The number of methoxy groups -OCH3 is 4. The monoisotopic (exact) mass is 920 g/mol. The van der Waals surface area contributed by atoms with Crippen LogP contribution in [-0.4, -0.2) is 119 Å². The molecule has 2 amide bonds. The Hall–Kier alpha value is -6.37. The molecule has 0 aromatic heterocycles. The number of halogens is 1. The van der Waals surface area contributed by atoms with Crippen LogP contribution in [-0.2, 0) is 20.0 Å². The fraction of sp³-hybridized carbons (Fsp3) is 0.273. The van der Waals surface area contributed by atoms with Crippen LogP contribution in [0.5, 0.6) is 23.0 Å². The molecule has 0 spiro atoms. The molecule has 2 saturated heterocycles. The lowest BCUT2D eigenvalue weighted by Gasteiger charge is -2.36. The highest BCUT2D eigenvalue weighted by Gasteiger charge is 2.32. The first-order valence-corrected chi connectivity index (χ1v) is 22.7. The molecule has 16 nitrogen and oxygen atoms in total. The van der Waals surface area contributed by atoms with Crippen LogP contribution >= 0.6 is 12.4 Å². The average molecular weight is 921 g/mol. The summed E-state index contributed by atoms with van der Waals surface area (Å²) in [5, 5.41) is 0. The van der Waals surface area contributed by atoms with Crippen molar-refractivity contribution in [1.29, 1.82) is 0 Å². The van der Waals surface area contributed by atoms with Crippen LogP contribution in [0.1, 0.15) is 20.7 Å². The average Bonchev–Trinajstić information content (AvgIpc) is 3.30. The van der Waals surface area contributed by atoms with E-state index >= 15 is 0 Å². The van der Waals surface area contributed by atoms with Gasteiger partial charge in [-0.1, -0.05) is 48.5 Å². The molecule has 2 aliphatic rings. The molecular weight excluding hydrogens is 872 g/mol. The van der Waals surface area contributed by atoms with Crippen molar-refractivity contribution in [2.24, 2.45) is 0 Å². The topological polar surface area (TPSA) is 176 Å². The number of hydrogen-bond donors (Lipinski definition) is 2. The number of hydrogen-bond acceptors (Lipinski definition) is 12. The van der Waals surface area contributed by atoms with E-state index in [2.05, 4.69) is 19.2 Å². The van der Waals surface area contributed by atoms with E-state index in [1.165, 1.54) is 38.5 Å². The third-order valence-corrected chi connectivity index (χ3v) is 13.6. The maximum absolute atomic E-state index is 14.2. The molecule has 19 heteroatoms. The van der Waals surface area contributed by atoms with Gasteiger partial charge in [-0.25, -0.2) is 16.8 Å². The highest BCUT2D eigenvalue weighted by Crippen LogP contribution is 2.38. The number of rotatable bonds is 14. The Balaban J connectivity index is 0.00000661. The second kappa shape index (κ2) is 19.8. The molecule has 2 heterocycles. The van der Waals surface area contributed by atoms with Crippen molar-refractivity contribution in [3.8, 4) is 23.0 Å². The summed E-state index contributed by atoms with van der Waals surface area (Å²) in [5.74, 6) is 0.241. The van der Waals surface area contributed by atoms with Crippen LogP contribution in [0.25, 0.3) is 0 Å². The first-order valence-electron chi connectivity index (χ1n) is 19.7. The fourth-order valence-electron chi connectivity index (χ4n) is 7.60. The summed E-state index contributed by atoms with van der Waals surface area (Å²) in [6.07, 6.45) is 0. The van der Waals surface area contributed by atoms with Gasteiger partial charge in [0, 0.05) is 58.4 Å². The van der Waals surface area contributed by atoms with Crippen molar-refractivity contribution >= 4 is 67.0 Å². The molecule has 0 atom stereocenters. The first kappa shape index (κ1) is 46.1. The Kier molecular flexibility index (Phi) is 14.5. The standard InChI is InChI=1S/C44H48N6O10S2.ClH/c1-57-37-19-11-9-17-35(37)47-21-25-49(26-22-47)43(51)31-13-5-7-15-33(31)45-61(53,54)41-30-42(40(60-4)29-39(41)59-3)62(55,56)46-34-16-8-6-14-32(34)44(52)50-27-23-48(24-28-50)36-18-10-12-20-38(36)58-2;/h5-20,29-30,45-46H,21-28H2,1-4H3;1H. The van der Waals surface area contributed by atoms with Crippen LogP contribution in [0.4, 0.5) is 22.7 Å². The highest BCUT2D eigenvalue weighted by atomic mass is 35.5. The smallest absolute Gasteiger partial charge is 0.265 e. The second-order valence-electron chi connectivity index (χ2n) is 14.4. The van der Waals surface area contributed by atoms with E-state index in [1.807, 2.05) is 48.5 Å². The molecule has 0 saturated carbocycles. The van der Waals surface area contributed by atoms with E-state index in [0.717, 1.165) is 35.0 Å². The first-order chi connectivity index (χ1) is 29.9. The summed E-state index contributed by atoms with van der Waals surface area (Å²) in [4.78, 5) is 34.3. The van der Waals surface area contributed by atoms with Crippen molar-refractivity contribution in [3.05, 3.63) is 120 Å². The molecule has 334 valence electrons. The molecular formula is C44H49ClN6O10S2. The van der Waals surface area contributed by atoms with Crippen LogP contribution < -0.4 is 38.2 Å². The van der Waals surface area contributed by atoms with Gasteiger partial charge in [-0.2, -0.15) is 0 Å². The molecule has 5 aromatic carbocycles. The number of benzene rings is 5. The Morgan fingerprint density at radius 2 is 0.794 bits per heavy atom. The minimum absolute atomic E-state index is 0. The van der Waals surface area contributed by atoms with Gasteiger partial charge < -0.3 is 38.5 Å². The van der Waals surface area contributed by atoms with Crippen LogP contribution in [0.3, 0.4) is 0 Å². The summed E-state index contributed by atoms with van der Waals surface area (Å²) in [6.45, 7) is 3.57. The van der Waals surface area contributed by atoms with Gasteiger partial charge in [-0.3, -0.25) is 19.0 Å². The Morgan fingerprint density at radius 3 is 1.16 bits per heavy atom. The SMILES string of the molecule is COc1ccccc1N1CCN(C(=O)c2ccccc2NS(=O)(=O)c2cc(S(=O)(=O)Nc3ccccc3C(=O)N3CCN(c4ccccc4OC)CC3)c(OC)cc2OC)CC1.Cl. The van der Waals surface area contributed by atoms with E-state index < -0.39 is 29.8 Å². The number of ether oxygens (including phenoxy) is 4. The van der Waals surface area contributed by atoms with Gasteiger partial charge in [-0.05, 0) is 54.6 Å². The van der Waals surface area contributed by atoms with E-state index in [-0.39, 0.29) is 58.2 Å². The summed E-state index contributed by atoms with van der Waals surface area (Å²) in [7, 11) is -3.58. The normalized spacial score (nSPS) is 14.3. The number of anilines is 4. The van der Waals surface area contributed by atoms with Crippen molar-refractivity contribution < 1.29 is 45.4 Å². The second-order valence-corrected chi connectivity index (χ2v) is 17.7. The number of nitrogens with one attached hydrogen (secondary N) is 2. The maximum atomic E-state index is 14.2. The lowest BCUT2D eigenvalue weighted by molar-refractivity contribution is 0.0740. The zero-order chi connectivity index (χ0) is 44.0. The molecule has 0 aliphatic carbocycles. The summed E-state index contributed by atoms with van der Waals surface area (Å²) in [5.41, 5.74) is 2.00. The Bertz CT molecular complexity index is 2490. The van der Waals surface area contributed by atoms with Crippen molar-refractivity contribution in [1.82, 2.24) is 9.80 Å². The van der Waals surface area contributed by atoms with Crippen LogP contribution in [0.2, 0.25) is 0 Å². The lowest BCUT2D eigenvalue weighted by atomic mass is 10.1. The number of piperazine rings is 2. The van der Waals surface area contributed by atoms with Crippen molar-refractivity contribution in [2.45, 2.75) is 9.79 Å². The Labute approximate surface area is 373 Å². The molecule has 63 heavy (non-hydrogen) atoms. The van der Waals surface area contributed by atoms with Gasteiger partial charge in [0.1, 0.15) is 32.8 Å². The van der Waals surface area contributed by atoms with Gasteiger partial charge in [0.05, 0.1) is 62.3 Å². The van der Waals surface area contributed by atoms with Crippen molar-refractivity contribution in [3.63, 3.8) is 0 Å². The molecule has 0 radical (unpaired) electrons. The zero-order valence-electron chi connectivity index (χ0n) is 35.1. The van der Waals surface area contributed by atoms with E-state index in [0.29, 0.717) is 52.4 Å². The number of amides is 2. The molecule has 0 unspecified atom stereocenters. The molecule has 2 fully saturated rings. The largest absolute Gasteiger partial charge is 0.495 e. The molecule has 2 aliphatic heterocycles. The maximum Gasteiger partial charge on any atom is 0.265 e. The third kappa shape index (κ3) is 9.82. The van der Waals surface area contributed by atoms with Gasteiger partial charge in [0.15, 0.2) is 0 Å². The zero-order valence-corrected chi connectivity index (χ0v) is 37.6. The minimum atomic E-state index is -4.63. The summed E-state index contributed by atoms with van der Waals surface area (Å²) >= 11 is 0. The number of nitrogens with zero attached hydrogens (tertiary/aromatic N) is 4. The molecule has 0 bridgehead atoms. The predicted octanol–water partition coefficient (Wildman–Crippen LogP) is 5.67. The number of sulfonamides is 2. The van der Waals surface area contributed by atoms with Crippen LogP contribution in [0, 0.1) is 0 Å². The van der Waals surface area contributed by atoms with Gasteiger partial charge >= 0.3 is 0 Å². The van der Waals surface area contributed by atoms with Gasteiger partial charge in [0.2, 0.25) is 0 Å². The van der Waals surface area contributed by atoms with Gasteiger partial charge in [-0.15, -0.1) is 12.4 Å². The highest BCUT2D eigenvalue weighted by molar-refractivity contribution is 7.93. The van der Waals surface area contributed by atoms with E-state index in [9.17, 15) is 26.4 Å². The van der Waals surface area contributed by atoms with E-state index in [1.54, 1.807) is 48.3 Å². The van der Waals surface area contributed by atoms with E-state index in [4.69, 9.17) is 18.9 Å². The molecule has 5 aromatic rings. The number of para-hydroxylation sites is 6.